The molecule has 0 fully saturated rings. The van der Waals surface area contributed by atoms with Crippen LogP contribution in [0.15, 0.2) is 66.7 Å². The van der Waals surface area contributed by atoms with Gasteiger partial charge in [-0.05, 0) is 54.4 Å². The molecule has 0 saturated heterocycles. The van der Waals surface area contributed by atoms with Gasteiger partial charge in [0, 0.05) is 22.2 Å². The number of hydrogen-bond donors (Lipinski definition) is 1. The molecule has 1 N–H and O–H groups in total. The molecule has 0 aliphatic rings. The molecule has 0 radical (unpaired) electrons. The van der Waals surface area contributed by atoms with E-state index in [-0.39, 0.29) is 0 Å². The predicted molar refractivity (Wildman–Crippen MR) is 116 cm³/mol. The van der Waals surface area contributed by atoms with Gasteiger partial charge in [0.1, 0.15) is 18.1 Å². The summed E-state index contributed by atoms with van der Waals surface area (Å²) in [6.45, 7) is 2.10. The Morgan fingerprint density at radius 3 is 2.43 bits per heavy atom. The molecule has 0 spiro atoms. The van der Waals surface area contributed by atoms with Crippen molar-refractivity contribution in [1.82, 2.24) is 5.32 Å². The van der Waals surface area contributed by atoms with Crippen LogP contribution in [-0.2, 0) is 19.6 Å². The van der Waals surface area contributed by atoms with Crippen molar-refractivity contribution in [2.75, 3.05) is 13.7 Å². The van der Waals surface area contributed by atoms with Gasteiger partial charge in [0.05, 0.1) is 7.11 Å². The fourth-order valence-electron chi connectivity index (χ4n) is 2.87. The first kappa shape index (κ1) is 20.5. The lowest BCUT2D eigenvalue weighted by molar-refractivity contribution is 0.306. The van der Waals surface area contributed by atoms with Gasteiger partial charge in [-0.3, -0.25) is 0 Å². The van der Waals surface area contributed by atoms with Gasteiger partial charge in [-0.15, -0.1) is 0 Å². The van der Waals surface area contributed by atoms with Crippen LogP contribution in [0.1, 0.15) is 16.7 Å². The Hall–Kier alpha value is -2.20. The Labute approximate surface area is 176 Å². The van der Waals surface area contributed by atoms with Gasteiger partial charge in [0.2, 0.25) is 0 Å². The largest absolute Gasteiger partial charge is 0.496 e. The fourth-order valence-corrected chi connectivity index (χ4v) is 3.33. The number of nitrogens with one attached hydrogen (secondary N) is 1. The average molecular weight is 416 g/mol. The molecule has 0 heterocycles. The van der Waals surface area contributed by atoms with E-state index in [1.165, 1.54) is 11.1 Å². The minimum atomic E-state index is 0.409. The normalized spacial score (nSPS) is 10.7. The third kappa shape index (κ3) is 5.90. The van der Waals surface area contributed by atoms with E-state index < -0.39 is 0 Å². The lowest BCUT2D eigenvalue weighted by Gasteiger charge is -2.10. The number of hydrogen-bond acceptors (Lipinski definition) is 3. The zero-order valence-corrected chi connectivity index (χ0v) is 17.3. The third-order valence-corrected chi connectivity index (χ3v) is 5.01. The first-order valence-electron chi connectivity index (χ1n) is 9.14. The van der Waals surface area contributed by atoms with Crippen LogP contribution in [-0.4, -0.2) is 13.7 Å². The van der Waals surface area contributed by atoms with Gasteiger partial charge >= 0.3 is 0 Å². The Balaban J connectivity index is 1.44. The fraction of sp³-hybridized carbons (Fsp3) is 0.217. The number of benzene rings is 3. The smallest absolute Gasteiger partial charge is 0.122 e. The highest BCUT2D eigenvalue weighted by Gasteiger charge is 2.04. The number of rotatable bonds is 9. The van der Waals surface area contributed by atoms with Crippen molar-refractivity contribution in [1.29, 1.82) is 0 Å². The van der Waals surface area contributed by atoms with Gasteiger partial charge in [-0.25, -0.2) is 0 Å². The summed E-state index contributed by atoms with van der Waals surface area (Å²) in [5, 5.41) is 4.70. The van der Waals surface area contributed by atoms with Gasteiger partial charge in [0.25, 0.3) is 0 Å². The van der Waals surface area contributed by atoms with Crippen molar-refractivity contribution in [3.05, 3.63) is 93.5 Å². The highest BCUT2D eigenvalue weighted by atomic mass is 35.5. The molecule has 0 aliphatic carbocycles. The van der Waals surface area contributed by atoms with Gasteiger partial charge in [-0.1, -0.05) is 59.6 Å². The molecule has 3 nitrogen and oxygen atoms in total. The van der Waals surface area contributed by atoms with Crippen molar-refractivity contribution in [2.45, 2.75) is 19.6 Å². The summed E-state index contributed by atoms with van der Waals surface area (Å²) in [5.41, 5.74) is 3.33. The molecule has 0 aliphatic heterocycles. The Morgan fingerprint density at radius 2 is 1.68 bits per heavy atom. The van der Waals surface area contributed by atoms with E-state index in [0.717, 1.165) is 36.6 Å². The van der Waals surface area contributed by atoms with E-state index in [2.05, 4.69) is 23.5 Å². The van der Waals surface area contributed by atoms with E-state index >= 15 is 0 Å². The number of para-hydroxylation sites is 1. The number of halogens is 2. The second-order valence-corrected chi connectivity index (χ2v) is 7.25. The standard InChI is InChI=1S/C23H23Cl2NO2/c1-27-23-5-3-2-4-18(23)12-13-26-15-17-6-10-21(11-7-17)28-16-19-8-9-20(24)14-22(19)25/h2-11,14,26H,12-13,15-16H2,1H3. The highest BCUT2D eigenvalue weighted by molar-refractivity contribution is 6.35. The molecular formula is C23H23Cl2NO2. The third-order valence-electron chi connectivity index (χ3n) is 4.43. The lowest BCUT2D eigenvalue weighted by Crippen LogP contribution is -2.16. The topological polar surface area (TPSA) is 30.5 Å². The summed E-state index contributed by atoms with van der Waals surface area (Å²) >= 11 is 12.1. The van der Waals surface area contributed by atoms with Crippen molar-refractivity contribution in [3.8, 4) is 11.5 Å². The summed E-state index contributed by atoms with van der Waals surface area (Å²) in [4.78, 5) is 0. The highest BCUT2D eigenvalue weighted by Crippen LogP contribution is 2.23. The molecule has 28 heavy (non-hydrogen) atoms. The van der Waals surface area contributed by atoms with E-state index in [4.69, 9.17) is 32.7 Å². The van der Waals surface area contributed by atoms with Crippen LogP contribution in [0, 0.1) is 0 Å². The van der Waals surface area contributed by atoms with Crippen LogP contribution in [0.4, 0.5) is 0 Å². The van der Waals surface area contributed by atoms with Gasteiger partial charge < -0.3 is 14.8 Å². The molecular weight excluding hydrogens is 393 g/mol. The minimum Gasteiger partial charge on any atom is -0.496 e. The zero-order chi connectivity index (χ0) is 19.8. The minimum absolute atomic E-state index is 0.409. The van der Waals surface area contributed by atoms with E-state index in [9.17, 15) is 0 Å². The predicted octanol–water partition coefficient (Wildman–Crippen LogP) is 5.91. The van der Waals surface area contributed by atoms with Gasteiger partial charge in [0.15, 0.2) is 0 Å². The van der Waals surface area contributed by atoms with Crippen molar-refractivity contribution < 1.29 is 9.47 Å². The van der Waals surface area contributed by atoms with Crippen molar-refractivity contribution >= 4 is 23.2 Å². The molecule has 0 aromatic heterocycles. The second-order valence-electron chi connectivity index (χ2n) is 6.41. The zero-order valence-electron chi connectivity index (χ0n) is 15.8. The maximum atomic E-state index is 6.17. The molecule has 3 aromatic rings. The first-order chi connectivity index (χ1) is 13.7. The lowest BCUT2D eigenvalue weighted by atomic mass is 10.1. The van der Waals surface area contributed by atoms with Crippen LogP contribution < -0.4 is 14.8 Å². The SMILES string of the molecule is COc1ccccc1CCNCc1ccc(OCc2ccc(Cl)cc2Cl)cc1. The first-order valence-corrected chi connectivity index (χ1v) is 9.89. The molecule has 0 unspecified atom stereocenters. The molecule has 0 amide bonds. The van der Waals surface area contributed by atoms with Crippen LogP contribution >= 0.6 is 23.2 Å². The van der Waals surface area contributed by atoms with Crippen LogP contribution in [0.2, 0.25) is 10.0 Å². The summed E-state index contributed by atoms with van der Waals surface area (Å²) in [6, 6.07) is 21.6. The quantitative estimate of drug-likeness (QED) is 0.440. The van der Waals surface area contributed by atoms with Crippen molar-refractivity contribution in [3.63, 3.8) is 0 Å². The van der Waals surface area contributed by atoms with Crippen LogP contribution in [0.25, 0.3) is 0 Å². The van der Waals surface area contributed by atoms with Crippen LogP contribution in [0.5, 0.6) is 11.5 Å². The Kier molecular flexibility index (Phi) is 7.61. The molecule has 0 saturated carbocycles. The number of methoxy groups -OCH3 is 1. The molecule has 0 atom stereocenters. The van der Waals surface area contributed by atoms with Crippen LogP contribution in [0.3, 0.4) is 0 Å². The molecule has 3 aromatic carbocycles. The maximum Gasteiger partial charge on any atom is 0.122 e. The average Bonchev–Trinajstić information content (AvgIpc) is 2.72. The van der Waals surface area contributed by atoms with E-state index in [1.807, 2.05) is 42.5 Å². The monoisotopic (exact) mass is 415 g/mol. The summed E-state index contributed by atoms with van der Waals surface area (Å²) in [6.07, 6.45) is 0.924. The summed E-state index contributed by atoms with van der Waals surface area (Å²) < 4.78 is 11.2. The summed E-state index contributed by atoms with van der Waals surface area (Å²) in [5.74, 6) is 1.75. The Bertz CT molecular complexity index is 897. The molecule has 0 bridgehead atoms. The molecule has 3 rings (SSSR count). The molecule has 5 heteroatoms. The molecule has 146 valence electrons. The van der Waals surface area contributed by atoms with E-state index in [0.29, 0.717) is 16.7 Å². The number of ether oxygens (including phenoxy) is 2. The Morgan fingerprint density at radius 1 is 0.893 bits per heavy atom. The van der Waals surface area contributed by atoms with Crippen molar-refractivity contribution in [2.24, 2.45) is 0 Å². The summed E-state index contributed by atoms with van der Waals surface area (Å²) in [7, 11) is 1.71. The van der Waals surface area contributed by atoms with Gasteiger partial charge in [-0.2, -0.15) is 0 Å². The second kappa shape index (κ2) is 10.4. The van der Waals surface area contributed by atoms with E-state index in [1.54, 1.807) is 13.2 Å². The maximum absolute atomic E-state index is 6.17.